The topological polar surface area (TPSA) is 62.2 Å². The fraction of sp³-hybridized carbons (Fsp3) is 0.571. The average molecular weight is 317 g/mol. The standard InChI is InChI=1S/C14H21ClN2O2S/c1-10(2)12-8-11(9-13(15)17-12)14(19)16-4-7-20-6-3-5-18/h8-10,18H,3-7H2,1-2H3,(H,16,19). The molecule has 0 radical (unpaired) electrons. The molecule has 0 aromatic carbocycles. The molecule has 2 N–H and O–H groups in total. The molecule has 20 heavy (non-hydrogen) atoms. The van der Waals surface area contributed by atoms with E-state index in [0.29, 0.717) is 17.3 Å². The zero-order chi connectivity index (χ0) is 15.0. The van der Waals surface area contributed by atoms with Gasteiger partial charge in [-0.3, -0.25) is 4.79 Å². The summed E-state index contributed by atoms with van der Waals surface area (Å²) in [5, 5.41) is 11.9. The van der Waals surface area contributed by atoms with E-state index in [1.807, 2.05) is 13.8 Å². The predicted octanol–water partition coefficient (Wildman–Crippen LogP) is 2.70. The predicted molar refractivity (Wildman–Crippen MR) is 84.7 cm³/mol. The molecular weight excluding hydrogens is 296 g/mol. The quantitative estimate of drug-likeness (QED) is 0.572. The Morgan fingerprint density at radius 1 is 1.45 bits per heavy atom. The van der Waals surface area contributed by atoms with Gasteiger partial charge in [-0.05, 0) is 30.2 Å². The Bertz CT molecular complexity index is 441. The zero-order valence-corrected chi connectivity index (χ0v) is 13.4. The lowest BCUT2D eigenvalue weighted by molar-refractivity contribution is 0.0956. The number of carbonyl (C=O) groups excluding carboxylic acids is 1. The minimum absolute atomic E-state index is 0.126. The van der Waals surface area contributed by atoms with E-state index in [2.05, 4.69) is 10.3 Å². The Morgan fingerprint density at radius 2 is 2.20 bits per heavy atom. The molecule has 0 aliphatic heterocycles. The van der Waals surface area contributed by atoms with Crippen molar-refractivity contribution in [2.45, 2.75) is 26.2 Å². The van der Waals surface area contributed by atoms with Gasteiger partial charge in [0.05, 0.1) is 0 Å². The van der Waals surface area contributed by atoms with Crippen LogP contribution in [0.15, 0.2) is 12.1 Å². The highest BCUT2D eigenvalue weighted by Gasteiger charge is 2.10. The summed E-state index contributed by atoms with van der Waals surface area (Å²) in [6, 6.07) is 3.37. The maximum absolute atomic E-state index is 12.0. The van der Waals surface area contributed by atoms with Crippen molar-refractivity contribution in [3.05, 3.63) is 28.5 Å². The third-order valence-electron chi connectivity index (χ3n) is 2.65. The number of aliphatic hydroxyl groups excluding tert-OH is 1. The molecule has 6 heteroatoms. The van der Waals surface area contributed by atoms with Gasteiger partial charge in [0.25, 0.3) is 5.91 Å². The molecule has 0 saturated heterocycles. The second-order valence-corrected chi connectivity index (χ2v) is 6.32. The molecule has 0 spiro atoms. The molecule has 1 aromatic rings. The van der Waals surface area contributed by atoms with Gasteiger partial charge in [0, 0.05) is 30.2 Å². The highest BCUT2D eigenvalue weighted by Crippen LogP contribution is 2.17. The molecule has 0 saturated carbocycles. The highest BCUT2D eigenvalue weighted by atomic mass is 35.5. The highest BCUT2D eigenvalue weighted by molar-refractivity contribution is 7.99. The second kappa shape index (κ2) is 9.21. The summed E-state index contributed by atoms with van der Waals surface area (Å²) < 4.78 is 0. The number of aliphatic hydroxyl groups is 1. The van der Waals surface area contributed by atoms with Gasteiger partial charge in [-0.15, -0.1) is 0 Å². The van der Waals surface area contributed by atoms with Gasteiger partial charge in [-0.2, -0.15) is 11.8 Å². The number of thioether (sulfide) groups is 1. The van der Waals surface area contributed by atoms with Gasteiger partial charge in [0.1, 0.15) is 5.15 Å². The number of hydrogen-bond donors (Lipinski definition) is 2. The van der Waals surface area contributed by atoms with Crippen LogP contribution in [0.1, 0.15) is 42.2 Å². The van der Waals surface area contributed by atoms with Crippen molar-refractivity contribution in [3.8, 4) is 0 Å². The van der Waals surface area contributed by atoms with Crippen LogP contribution in [-0.2, 0) is 0 Å². The third kappa shape index (κ3) is 6.11. The summed E-state index contributed by atoms with van der Waals surface area (Å²) in [5.74, 6) is 1.85. The van der Waals surface area contributed by atoms with E-state index in [1.54, 1.807) is 23.9 Å². The summed E-state index contributed by atoms with van der Waals surface area (Å²) in [6.45, 7) is 4.84. The fourth-order valence-corrected chi connectivity index (χ4v) is 2.55. The maximum atomic E-state index is 12.0. The largest absolute Gasteiger partial charge is 0.396 e. The molecule has 0 bridgehead atoms. The van der Waals surface area contributed by atoms with Gasteiger partial charge in [-0.1, -0.05) is 25.4 Å². The minimum Gasteiger partial charge on any atom is -0.396 e. The van der Waals surface area contributed by atoms with E-state index < -0.39 is 0 Å². The van der Waals surface area contributed by atoms with Crippen molar-refractivity contribution in [3.63, 3.8) is 0 Å². The number of hydrogen-bond acceptors (Lipinski definition) is 4. The third-order valence-corrected chi connectivity index (χ3v) is 3.91. The van der Waals surface area contributed by atoms with Gasteiger partial charge in [0.2, 0.25) is 0 Å². The molecule has 0 unspecified atom stereocenters. The number of aromatic nitrogens is 1. The Kier molecular flexibility index (Phi) is 7.95. The molecule has 1 amide bonds. The van der Waals surface area contributed by atoms with Crippen LogP contribution in [0.25, 0.3) is 0 Å². The summed E-state index contributed by atoms with van der Waals surface area (Å²) >= 11 is 7.65. The number of nitrogens with zero attached hydrogens (tertiary/aromatic N) is 1. The smallest absolute Gasteiger partial charge is 0.251 e. The normalized spacial score (nSPS) is 10.8. The van der Waals surface area contributed by atoms with Crippen molar-refractivity contribution >= 4 is 29.3 Å². The molecular formula is C14H21ClN2O2S. The first-order chi connectivity index (χ1) is 9.54. The number of amides is 1. The first-order valence-corrected chi connectivity index (χ1v) is 8.22. The van der Waals surface area contributed by atoms with Crippen LogP contribution in [0.5, 0.6) is 0 Å². The Labute approximate surface area is 129 Å². The molecule has 0 atom stereocenters. The number of pyridine rings is 1. The van der Waals surface area contributed by atoms with E-state index in [4.69, 9.17) is 16.7 Å². The fourth-order valence-electron chi connectivity index (χ4n) is 1.55. The summed E-state index contributed by atoms with van der Waals surface area (Å²) in [7, 11) is 0. The molecule has 112 valence electrons. The van der Waals surface area contributed by atoms with Crippen molar-refractivity contribution in [1.29, 1.82) is 0 Å². The monoisotopic (exact) mass is 316 g/mol. The Balaban J connectivity index is 2.47. The SMILES string of the molecule is CC(C)c1cc(C(=O)NCCSCCCO)cc(Cl)n1. The van der Waals surface area contributed by atoms with Crippen LogP contribution in [-0.4, -0.2) is 40.7 Å². The Hall–Kier alpha value is -0.780. The Morgan fingerprint density at radius 3 is 2.85 bits per heavy atom. The van der Waals surface area contributed by atoms with Crippen LogP contribution in [0, 0.1) is 0 Å². The van der Waals surface area contributed by atoms with E-state index in [0.717, 1.165) is 23.6 Å². The zero-order valence-electron chi connectivity index (χ0n) is 11.9. The molecule has 1 rings (SSSR count). The van der Waals surface area contributed by atoms with Crippen LogP contribution >= 0.6 is 23.4 Å². The molecule has 1 aromatic heterocycles. The minimum atomic E-state index is -0.126. The summed E-state index contributed by atoms with van der Waals surface area (Å²) in [5.41, 5.74) is 1.37. The lowest BCUT2D eigenvalue weighted by atomic mass is 10.1. The molecule has 4 nitrogen and oxygen atoms in total. The van der Waals surface area contributed by atoms with Crippen LogP contribution in [0.3, 0.4) is 0 Å². The van der Waals surface area contributed by atoms with Crippen LogP contribution < -0.4 is 5.32 Å². The van der Waals surface area contributed by atoms with E-state index in [9.17, 15) is 4.79 Å². The first-order valence-electron chi connectivity index (χ1n) is 6.69. The second-order valence-electron chi connectivity index (χ2n) is 4.70. The van der Waals surface area contributed by atoms with Crippen molar-refractivity contribution in [2.75, 3.05) is 24.7 Å². The summed E-state index contributed by atoms with van der Waals surface area (Å²) in [4.78, 5) is 16.2. The van der Waals surface area contributed by atoms with Crippen molar-refractivity contribution in [2.24, 2.45) is 0 Å². The number of halogens is 1. The number of nitrogens with one attached hydrogen (secondary N) is 1. The first kappa shape index (κ1) is 17.3. The molecule has 0 aliphatic carbocycles. The van der Waals surface area contributed by atoms with Crippen LogP contribution in [0.2, 0.25) is 5.15 Å². The van der Waals surface area contributed by atoms with Crippen molar-refractivity contribution in [1.82, 2.24) is 10.3 Å². The number of carbonyl (C=O) groups is 1. The maximum Gasteiger partial charge on any atom is 0.251 e. The van der Waals surface area contributed by atoms with Gasteiger partial charge in [-0.25, -0.2) is 4.98 Å². The average Bonchev–Trinajstić information content (AvgIpc) is 2.41. The molecule has 0 aliphatic rings. The van der Waals surface area contributed by atoms with Crippen molar-refractivity contribution < 1.29 is 9.90 Å². The lowest BCUT2D eigenvalue weighted by Crippen LogP contribution is -2.26. The summed E-state index contributed by atoms with van der Waals surface area (Å²) in [6.07, 6.45) is 0.788. The van der Waals surface area contributed by atoms with E-state index in [1.165, 1.54) is 0 Å². The van der Waals surface area contributed by atoms with Gasteiger partial charge in [0.15, 0.2) is 0 Å². The lowest BCUT2D eigenvalue weighted by Gasteiger charge is -2.09. The molecule has 0 fully saturated rings. The molecule has 1 heterocycles. The number of rotatable bonds is 8. The van der Waals surface area contributed by atoms with E-state index in [-0.39, 0.29) is 18.4 Å². The van der Waals surface area contributed by atoms with Gasteiger partial charge < -0.3 is 10.4 Å². The van der Waals surface area contributed by atoms with Gasteiger partial charge >= 0.3 is 0 Å². The van der Waals surface area contributed by atoms with E-state index >= 15 is 0 Å². The van der Waals surface area contributed by atoms with Crippen LogP contribution in [0.4, 0.5) is 0 Å².